The minimum atomic E-state index is -0.655. The van der Waals surface area contributed by atoms with Crippen LogP contribution in [0.3, 0.4) is 0 Å². The number of hydrogen-bond acceptors (Lipinski definition) is 1. The molecule has 0 aliphatic carbocycles. The number of anilines is 1. The Hall–Kier alpha value is -0.270. The normalized spacial score (nSPS) is 10.0. The third-order valence-corrected chi connectivity index (χ3v) is 2.79. The fourth-order valence-corrected chi connectivity index (χ4v) is 2.07. The predicted molar refractivity (Wildman–Crippen MR) is 62.2 cm³/mol. The quantitative estimate of drug-likeness (QED) is 0.466. The first kappa shape index (κ1) is 11.8. The number of halogens is 4. The van der Waals surface area contributed by atoms with Crippen LogP contribution in [0.5, 0.6) is 0 Å². The maximum atomic E-state index is 13.2. The first-order valence-corrected chi connectivity index (χ1v) is 5.32. The molecular formula is C7H4Br2F2N2S. The average Bonchev–Trinajstić information content (AvgIpc) is 2.09. The van der Waals surface area contributed by atoms with Gasteiger partial charge in [0.1, 0.15) is 5.82 Å². The van der Waals surface area contributed by atoms with Crippen LogP contribution in [0.25, 0.3) is 0 Å². The lowest BCUT2D eigenvalue weighted by molar-refractivity contribution is 0.592. The summed E-state index contributed by atoms with van der Waals surface area (Å²) in [4.78, 5) is 0. The van der Waals surface area contributed by atoms with E-state index in [2.05, 4.69) is 49.4 Å². The van der Waals surface area contributed by atoms with Crippen molar-refractivity contribution in [3.63, 3.8) is 0 Å². The maximum absolute atomic E-state index is 13.2. The predicted octanol–water partition coefficient (Wildman–Crippen LogP) is 3.15. The van der Waals surface area contributed by atoms with Gasteiger partial charge in [0.15, 0.2) is 10.9 Å². The van der Waals surface area contributed by atoms with Gasteiger partial charge in [-0.05, 0) is 50.1 Å². The van der Waals surface area contributed by atoms with Crippen molar-refractivity contribution in [2.45, 2.75) is 0 Å². The maximum Gasteiger partial charge on any atom is 0.168 e. The summed E-state index contributed by atoms with van der Waals surface area (Å²) in [7, 11) is 0. The molecule has 0 bridgehead atoms. The smallest absolute Gasteiger partial charge is 0.168 e. The average molecular weight is 346 g/mol. The van der Waals surface area contributed by atoms with Gasteiger partial charge in [-0.3, -0.25) is 0 Å². The highest BCUT2D eigenvalue weighted by Gasteiger charge is 2.15. The molecule has 0 spiro atoms. The molecule has 0 amide bonds. The number of hydrogen-bond donors (Lipinski definition) is 2. The number of nitrogens with two attached hydrogens (primary N) is 1. The summed E-state index contributed by atoms with van der Waals surface area (Å²) < 4.78 is 26.4. The molecule has 0 heterocycles. The third-order valence-electron chi connectivity index (χ3n) is 1.36. The van der Waals surface area contributed by atoms with Crippen LogP contribution >= 0.6 is 44.1 Å². The second kappa shape index (κ2) is 4.50. The first-order valence-electron chi connectivity index (χ1n) is 3.33. The Kier molecular flexibility index (Phi) is 3.79. The van der Waals surface area contributed by atoms with Crippen molar-refractivity contribution >= 4 is 54.9 Å². The molecule has 0 saturated carbocycles. The Bertz CT molecular complexity index is 398. The molecule has 14 heavy (non-hydrogen) atoms. The van der Waals surface area contributed by atoms with Gasteiger partial charge in [0, 0.05) is 0 Å². The van der Waals surface area contributed by atoms with Crippen LogP contribution in [-0.4, -0.2) is 5.11 Å². The van der Waals surface area contributed by atoms with Gasteiger partial charge in [0.05, 0.1) is 14.6 Å². The van der Waals surface area contributed by atoms with Gasteiger partial charge in [-0.2, -0.15) is 0 Å². The molecule has 0 aliphatic rings. The molecule has 3 N–H and O–H groups in total. The highest BCUT2D eigenvalue weighted by atomic mass is 79.9. The van der Waals surface area contributed by atoms with E-state index in [0.717, 1.165) is 6.07 Å². The molecule has 0 aromatic heterocycles. The Balaban J connectivity index is 3.29. The van der Waals surface area contributed by atoms with Gasteiger partial charge in [-0.15, -0.1) is 0 Å². The molecule has 0 aliphatic heterocycles. The lowest BCUT2D eigenvalue weighted by atomic mass is 10.3. The van der Waals surface area contributed by atoms with Gasteiger partial charge in [-0.25, -0.2) is 8.78 Å². The van der Waals surface area contributed by atoms with Crippen LogP contribution in [0, 0.1) is 11.6 Å². The van der Waals surface area contributed by atoms with Gasteiger partial charge in [0.25, 0.3) is 0 Å². The van der Waals surface area contributed by atoms with Crippen molar-refractivity contribution in [3.8, 4) is 0 Å². The molecule has 0 radical (unpaired) electrons. The minimum Gasteiger partial charge on any atom is -0.376 e. The van der Waals surface area contributed by atoms with E-state index in [-0.39, 0.29) is 19.7 Å². The summed E-state index contributed by atoms with van der Waals surface area (Å²) >= 11 is 10.3. The Labute approximate surface area is 101 Å². The molecule has 0 fully saturated rings. The molecule has 1 rings (SSSR count). The zero-order chi connectivity index (χ0) is 10.9. The van der Waals surface area contributed by atoms with Crippen LogP contribution in [0.4, 0.5) is 14.5 Å². The number of nitrogens with one attached hydrogen (secondary N) is 1. The van der Waals surface area contributed by atoms with Crippen LogP contribution in [0.15, 0.2) is 15.0 Å². The Morgan fingerprint density at radius 1 is 1.43 bits per heavy atom. The van der Waals surface area contributed by atoms with E-state index in [1.807, 2.05) is 0 Å². The summed E-state index contributed by atoms with van der Waals surface area (Å²) in [5, 5.41) is 2.20. The van der Waals surface area contributed by atoms with Crippen LogP contribution < -0.4 is 11.1 Å². The van der Waals surface area contributed by atoms with E-state index >= 15 is 0 Å². The molecule has 1 aromatic carbocycles. The van der Waals surface area contributed by atoms with Gasteiger partial charge in [-0.1, -0.05) is 0 Å². The van der Waals surface area contributed by atoms with Crippen molar-refractivity contribution in [3.05, 3.63) is 26.6 Å². The molecule has 7 heteroatoms. The zero-order valence-electron chi connectivity index (χ0n) is 6.57. The fraction of sp³-hybridized carbons (Fsp3) is 0. The van der Waals surface area contributed by atoms with Crippen molar-refractivity contribution in [2.75, 3.05) is 5.32 Å². The topological polar surface area (TPSA) is 38.0 Å². The van der Waals surface area contributed by atoms with Crippen LogP contribution in [0.2, 0.25) is 0 Å². The summed E-state index contributed by atoms with van der Waals surface area (Å²) in [6, 6.07) is 0.987. The van der Waals surface area contributed by atoms with Crippen molar-refractivity contribution in [1.29, 1.82) is 0 Å². The molecule has 0 unspecified atom stereocenters. The number of thiocarbonyl (C=S) groups is 1. The van der Waals surface area contributed by atoms with E-state index in [1.165, 1.54) is 0 Å². The lowest BCUT2D eigenvalue weighted by Crippen LogP contribution is -2.20. The monoisotopic (exact) mass is 344 g/mol. The largest absolute Gasteiger partial charge is 0.376 e. The molecule has 2 nitrogen and oxygen atoms in total. The van der Waals surface area contributed by atoms with E-state index in [0.29, 0.717) is 0 Å². The lowest BCUT2D eigenvalue weighted by Gasteiger charge is -2.09. The van der Waals surface area contributed by atoms with Crippen LogP contribution in [-0.2, 0) is 0 Å². The summed E-state index contributed by atoms with van der Waals surface area (Å²) in [5.41, 5.74) is 5.04. The van der Waals surface area contributed by atoms with Crippen molar-refractivity contribution in [1.82, 2.24) is 0 Å². The highest BCUT2D eigenvalue weighted by molar-refractivity contribution is 9.11. The summed E-state index contributed by atoms with van der Waals surface area (Å²) in [6.07, 6.45) is 0. The van der Waals surface area contributed by atoms with Gasteiger partial charge in [0.2, 0.25) is 0 Å². The SMILES string of the molecule is NC(=S)Nc1c(F)cc(Br)c(F)c1Br. The second-order valence-corrected chi connectivity index (χ2v) is 4.42. The number of rotatable bonds is 1. The third kappa shape index (κ3) is 2.40. The molecule has 1 aromatic rings. The van der Waals surface area contributed by atoms with Crippen LogP contribution in [0.1, 0.15) is 0 Å². The Morgan fingerprint density at radius 2 is 2.00 bits per heavy atom. The highest BCUT2D eigenvalue weighted by Crippen LogP contribution is 2.33. The second-order valence-electron chi connectivity index (χ2n) is 2.33. The standard InChI is InChI=1S/C7H4Br2F2N2S/c8-2-1-3(10)6(13-7(12)14)4(9)5(2)11/h1H,(H3,12,13,14). The summed E-state index contributed by atoms with van der Waals surface area (Å²) in [5.74, 6) is -1.27. The van der Waals surface area contributed by atoms with E-state index in [9.17, 15) is 8.78 Å². The molecular weight excluding hydrogens is 342 g/mol. The first-order chi connectivity index (χ1) is 6.43. The molecule has 76 valence electrons. The van der Waals surface area contributed by atoms with E-state index < -0.39 is 11.6 Å². The summed E-state index contributed by atoms with van der Waals surface area (Å²) in [6.45, 7) is 0. The van der Waals surface area contributed by atoms with Crippen molar-refractivity contribution < 1.29 is 8.78 Å². The van der Waals surface area contributed by atoms with E-state index in [4.69, 9.17) is 5.73 Å². The molecule has 0 atom stereocenters. The zero-order valence-corrected chi connectivity index (χ0v) is 10.6. The van der Waals surface area contributed by atoms with Crippen molar-refractivity contribution in [2.24, 2.45) is 5.73 Å². The number of benzene rings is 1. The van der Waals surface area contributed by atoms with Gasteiger partial charge < -0.3 is 11.1 Å². The molecule has 0 saturated heterocycles. The minimum absolute atomic E-state index is 0.0235. The van der Waals surface area contributed by atoms with E-state index in [1.54, 1.807) is 0 Å². The Morgan fingerprint density at radius 3 is 2.50 bits per heavy atom. The van der Waals surface area contributed by atoms with Gasteiger partial charge >= 0.3 is 0 Å². The fourth-order valence-electron chi connectivity index (χ4n) is 0.804.